The lowest BCUT2D eigenvalue weighted by molar-refractivity contribution is -0.137. The maximum Gasteiger partial charge on any atom is 0.416 e. The van der Waals surface area contributed by atoms with Gasteiger partial charge in [-0.1, -0.05) is 12.1 Å². The van der Waals surface area contributed by atoms with E-state index >= 15 is 0 Å². The highest BCUT2D eigenvalue weighted by atomic mass is 32.1. The monoisotopic (exact) mass is 476 g/mol. The Hall–Kier alpha value is -3.53. The van der Waals surface area contributed by atoms with Crippen molar-refractivity contribution in [1.82, 2.24) is 4.98 Å². The summed E-state index contributed by atoms with van der Waals surface area (Å²) in [5.41, 5.74) is -0.412. The molecule has 0 saturated carbocycles. The second kappa shape index (κ2) is 8.11. The van der Waals surface area contributed by atoms with Gasteiger partial charge in [-0.2, -0.15) is 13.2 Å². The van der Waals surface area contributed by atoms with E-state index in [2.05, 4.69) is 4.98 Å². The van der Waals surface area contributed by atoms with Gasteiger partial charge in [-0.3, -0.25) is 14.5 Å². The van der Waals surface area contributed by atoms with Gasteiger partial charge < -0.3 is 5.11 Å². The Labute approximate surface area is 189 Å². The standard InChI is InChI=1S/C23H16F4N2O3S/c1-11-21(33-12(2)28-11)19(30)17-18(13-3-7-15(24)8-4-13)29(22(32)20(17)31)16-9-5-14(6-10-16)23(25,26)27/h3-10,18,31H,1-2H3. The van der Waals surface area contributed by atoms with Gasteiger partial charge >= 0.3 is 6.18 Å². The van der Waals surface area contributed by atoms with Gasteiger partial charge in [0.15, 0.2) is 5.76 Å². The lowest BCUT2D eigenvalue weighted by atomic mass is 9.94. The first-order chi connectivity index (χ1) is 15.5. The Morgan fingerprint density at radius 2 is 1.67 bits per heavy atom. The van der Waals surface area contributed by atoms with Gasteiger partial charge in [-0.15, -0.1) is 11.3 Å². The minimum absolute atomic E-state index is 0.0360. The number of anilines is 1. The van der Waals surface area contributed by atoms with Gasteiger partial charge in [-0.25, -0.2) is 9.37 Å². The third-order valence-corrected chi connectivity index (χ3v) is 6.29. The first-order valence-electron chi connectivity index (χ1n) is 9.67. The van der Waals surface area contributed by atoms with Crippen LogP contribution in [-0.2, 0) is 11.0 Å². The molecule has 33 heavy (non-hydrogen) atoms. The van der Waals surface area contributed by atoms with E-state index in [4.69, 9.17) is 0 Å². The van der Waals surface area contributed by atoms with E-state index in [9.17, 15) is 32.3 Å². The van der Waals surface area contributed by atoms with E-state index in [1.54, 1.807) is 13.8 Å². The van der Waals surface area contributed by atoms with E-state index in [0.717, 1.165) is 52.6 Å². The zero-order valence-corrected chi connectivity index (χ0v) is 18.1. The van der Waals surface area contributed by atoms with Crippen molar-refractivity contribution in [3.8, 4) is 0 Å². The SMILES string of the molecule is Cc1nc(C)c(C(=O)C2=C(O)C(=O)N(c3ccc(C(F)(F)F)cc3)C2c2ccc(F)cc2)s1. The van der Waals surface area contributed by atoms with E-state index in [-0.39, 0.29) is 16.1 Å². The summed E-state index contributed by atoms with van der Waals surface area (Å²) in [4.78, 5) is 31.9. The highest BCUT2D eigenvalue weighted by Crippen LogP contribution is 2.43. The molecule has 0 spiro atoms. The molecule has 1 unspecified atom stereocenters. The van der Waals surface area contributed by atoms with E-state index < -0.39 is 41.0 Å². The summed E-state index contributed by atoms with van der Waals surface area (Å²) in [6, 6.07) is 7.55. The van der Waals surface area contributed by atoms with Crippen LogP contribution in [0.4, 0.5) is 23.2 Å². The molecule has 1 aliphatic heterocycles. The maximum atomic E-state index is 13.6. The largest absolute Gasteiger partial charge is 0.503 e. The Kier molecular flexibility index (Phi) is 5.57. The third kappa shape index (κ3) is 4.02. The number of Topliss-reactive ketones (excluding diaryl/α,β-unsaturated/α-hetero) is 1. The molecule has 0 saturated heterocycles. The van der Waals surface area contributed by atoms with Crippen LogP contribution in [0, 0.1) is 19.7 Å². The van der Waals surface area contributed by atoms with Crippen molar-refractivity contribution < 1.29 is 32.3 Å². The highest BCUT2D eigenvalue weighted by Gasteiger charge is 2.45. The van der Waals surface area contributed by atoms with Crippen LogP contribution in [0.2, 0.25) is 0 Å². The molecule has 1 aliphatic rings. The number of alkyl halides is 3. The summed E-state index contributed by atoms with van der Waals surface area (Å²) in [5.74, 6) is -2.96. The second-order valence-electron chi connectivity index (χ2n) is 7.41. The molecule has 170 valence electrons. The zero-order chi connectivity index (χ0) is 24.1. The molecule has 1 N–H and O–H groups in total. The molecule has 2 aromatic carbocycles. The number of rotatable bonds is 4. The minimum atomic E-state index is -4.58. The summed E-state index contributed by atoms with van der Waals surface area (Å²) in [7, 11) is 0. The van der Waals surface area contributed by atoms with Crippen molar-refractivity contribution in [2.75, 3.05) is 4.90 Å². The minimum Gasteiger partial charge on any atom is -0.503 e. The number of aliphatic hydroxyl groups excluding tert-OH is 1. The van der Waals surface area contributed by atoms with Gasteiger partial charge in [0.25, 0.3) is 5.91 Å². The predicted molar refractivity (Wildman–Crippen MR) is 114 cm³/mol. The van der Waals surface area contributed by atoms with Gasteiger partial charge in [0.1, 0.15) is 5.82 Å². The average Bonchev–Trinajstić information content (AvgIpc) is 3.23. The summed E-state index contributed by atoms with van der Waals surface area (Å²) in [5, 5.41) is 11.3. The Morgan fingerprint density at radius 1 is 1.06 bits per heavy atom. The number of carbonyl (C=O) groups excluding carboxylic acids is 2. The van der Waals surface area contributed by atoms with Crippen molar-refractivity contribution in [2.24, 2.45) is 0 Å². The predicted octanol–water partition coefficient (Wildman–Crippen LogP) is 5.70. The molecule has 0 aliphatic carbocycles. The van der Waals surface area contributed by atoms with Crippen molar-refractivity contribution in [3.63, 3.8) is 0 Å². The fraction of sp³-hybridized carbons (Fsp3) is 0.174. The third-order valence-electron chi connectivity index (χ3n) is 5.22. The summed E-state index contributed by atoms with van der Waals surface area (Å²) < 4.78 is 52.5. The quantitative estimate of drug-likeness (QED) is 0.387. The van der Waals surface area contributed by atoms with E-state index in [1.807, 2.05) is 0 Å². The number of hydrogen-bond acceptors (Lipinski definition) is 5. The van der Waals surface area contributed by atoms with Crippen LogP contribution in [0.3, 0.4) is 0 Å². The van der Waals surface area contributed by atoms with Crippen molar-refractivity contribution in [2.45, 2.75) is 26.1 Å². The second-order valence-corrected chi connectivity index (χ2v) is 8.62. The van der Waals surface area contributed by atoms with Gasteiger partial charge in [-0.05, 0) is 55.8 Å². The number of thiazole rings is 1. The molecule has 2 heterocycles. The van der Waals surface area contributed by atoms with Crippen LogP contribution in [0.1, 0.15) is 37.5 Å². The van der Waals surface area contributed by atoms with Crippen LogP contribution >= 0.6 is 11.3 Å². The van der Waals surface area contributed by atoms with E-state index in [0.29, 0.717) is 16.3 Å². The molecule has 10 heteroatoms. The molecule has 5 nitrogen and oxygen atoms in total. The smallest absolute Gasteiger partial charge is 0.416 e. The molecule has 0 fully saturated rings. The fourth-order valence-electron chi connectivity index (χ4n) is 3.74. The molecule has 0 radical (unpaired) electrons. The first-order valence-corrected chi connectivity index (χ1v) is 10.5. The fourth-order valence-corrected chi connectivity index (χ4v) is 4.61. The number of amides is 1. The number of halogens is 4. The number of carbonyl (C=O) groups is 2. The van der Waals surface area contributed by atoms with Gasteiger partial charge in [0, 0.05) is 5.69 Å². The zero-order valence-electron chi connectivity index (χ0n) is 17.3. The molecule has 3 aromatic rings. The van der Waals surface area contributed by atoms with Crippen molar-refractivity contribution in [1.29, 1.82) is 0 Å². The number of ketones is 1. The lowest BCUT2D eigenvalue weighted by Crippen LogP contribution is -2.31. The van der Waals surface area contributed by atoms with Crippen LogP contribution in [0.15, 0.2) is 59.9 Å². The summed E-state index contributed by atoms with van der Waals surface area (Å²) in [6.45, 7) is 3.32. The first kappa shape index (κ1) is 22.7. The summed E-state index contributed by atoms with van der Waals surface area (Å²) >= 11 is 1.09. The Bertz CT molecular complexity index is 1280. The Balaban J connectivity index is 1.85. The molecule has 1 atom stereocenters. The number of aliphatic hydroxyl groups is 1. The van der Waals surface area contributed by atoms with Crippen LogP contribution in [0.25, 0.3) is 0 Å². The maximum absolute atomic E-state index is 13.6. The van der Waals surface area contributed by atoms with Gasteiger partial charge in [0.2, 0.25) is 5.78 Å². The molecule has 0 bridgehead atoms. The normalized spacial score (nSPS) is 16.6. The van der Waals surface area contributed by atoms with Crippen LogP contribution in [0.5, 0.6) is 0 Å². The topological polar surface area (TPSA) is 70.5 Å². The van der Waals surface area contributed by atoms with Crippen molar-refractivity contribution in [3.05, 3.63) is 92.4 Å². The van der Waals surface area contributed by atoms with Crippen molar-refractivity contribution >= 4 is 28.7 Å². The number of nitrogens with zero attached hydrogens (tertiary/aromatic N) is 2. The van der Waals surface area contributed by atoms with E-state index in [1.165, 1.54) is 12.1 Å². The lowest BCUT2D eigenvalue weighted by Gasteiger charge is -2.27. The number of hydrogen-bond donors (Lipinski definition) is 1. The Morgan fingerprint density at radius 3 is 2.18 bits per heavy atom. The molecule has 1 aromatic heterocycles. The molecule has 1 amide bonds. The molecule has 4 rings (SSSR count). The molecular weight excluding hydrogens is 460 g/mol. The van der Waals surface area contributed by atoms with Crippen LogP contribution in [-0.4, -0.2) is 21.8 Å². The number of aromatic nitrogens is 1. The highest BCUT2D eigenvalue weighted by molar-refractivity contribution is 7.14. The average molecular weight is 476 g/mol. The summed E-state index contributed by atoms with van der Waals surface area (Å²) in [6.07, 6.45) is -4.58. The number of aryl methyl sites for hydroxylation is 2. The molecular formula is C23H16F4N2O3S. The van der Waals surface area contributed by atoms with Gasteiger partial charge in [0.05, 0.1) is 32.8 Å². The van der Waals surface area contributed by atoms with Crippen LogP contribution < -0.4 is 4.90 Å². The number of benzene rings is 2.